The van der Waals surface area contributed by atoms with Gasteiger partial charge in [-0.1, -0.05) is 53.6 Å². The Bertz CT molecular complexity index is 523. The maximum absolute atomic E-state index is 3.86. The molecule has 0 saturated carbocycles. The third-order valence-electron chi connectivity index (χ3n) is 3.27. The zero-order chi connectivity index (χ0) is 13.7. The van der Waals surface area contributed by atoms with Crippen LogP contribution < -0.4 is 5.32 Å². The molecular formula is C18H21N. The van der Waals surface area contributed by atoms with E-state index in [0.29, 0.717) is 0 Å². The number of aryl methyl sites for hydroxylation is 2. The molecule has 98 valence electrons. The first kappa shape index (κ1) is 13.4. The molecule has 1 heteroatoms. The van der Waals surface area contributed by atoms with Gasteiger partial charge in [-0.3, -0.25) is 0 Å². The molecule has 0 aromatic heterocycles. The molecule has 1 unspecified atom stereocenters. The fourth-order valence-electron chi connectivity index (χ4n) is 2.09. The van der Waals surface area contributed by atoms with Gasteiger partial charge in [0.15, 0.2) is 0 Å². The van der Waals surface area contributed by atoms with Crippen molar-refractivity contribution >= 4 is 5.69 Å². The fourth-order valence-corrected chi connectivity index (χ4v) is 2.09. The van der Waals surface area contributed by atoms with Gasteiger partial charge in [-0.2, -0.15) is 0 Å². The third-order valence-corrected chi connectivity index (χ3v) is 3.27. The van der Waals surface area contributed by atoms with E-state index in [1.54, 1.807) is 0 Å². The molecule has 0 radical (unpaired) electrons. The molecule has 0 amide bonds. The molecule has 0 bridgehead atoms. The monoisotopic (exact) mass is 251 g/mol. The number of benzene rings is 2. The second-order valence-corrected chi connectivity index (χ2v) is 5.00. The Labute approximate surface area is 116 Å². The summed E-state index contributed by atoms with van der Waals surface area (Å²) in [7, 11) is 0. The van der Waals surface area contributed by atoms with Gasteiger partial charge >= 0.3 is 0 Å². The Morgan fingerprint density at radius 2 is 1.47 bits per heavy atom. The van der Waals surface area contributed by atoms with Crippen LogP contribution in [0.25, 0.3) is 0 Å². The van der Waals surface area contributed by atoms with E-state index in [-0.39, 0.29) is 6.04 Å². The number of hydrogen-bond donors (Lipinski definition) is 1. The molecule has 2 aromatic carbocycles. The SMILES string of the molecule is C=CCC(Nc1ccc(C)cc1)c1ccc(C)cc1. The molecule has 2 rings (SSSR count). The number of hydrogen-bond acceptors (Lipinski definition) is 1. The predicted octanol–water partition coefficient (Wildman–Crippen LogP) is 5.03. The van der Waals surface area contributed by atoms with Gasteiger partial charge in [0.25, 0.3) is 0 Å². The Balaban J connectivity index is 2.18. The van der Waals surface area contributed by atoms with Crippen LogP contribution in [-0.2, 0) is 0 Å². The lowest BCUT2D eigenvalue weighted by atomic mass is 10.0. The minimum atomic E-state index is 0.279. The van der Waals surface area contributed by atoms with Crippen molar-refractivity contribution in [3.8, 4) is 0 Å². The molecular weight excluding hydrogens is 230 g/mol. The Morgan fingerprint density at radius 1 is 0.947 bits per heavy atom. The fraction of sp³-hybridized carbons (Fsp3) is 0.222. The van der Waals surface area contributed by atoms with Gasteiger partial charge in [-0.25, -0.2) is 0 Å². The summed E-state index contributed by atoms with van der Waals surface area (Å²) in [5.74, 6) is 0. The lowest BCUT2D eigenvalue weighted by Gasteiger charge is -2.19. The molecule has 1 nitrogen and oxygen atoms in total. The van der Waals surface area contributed by atoms with Gasteiger partial charge < -0.3 is 5.32 Å². The summed E-state index contributed by atoms with van der Waals surface area (Å²) in [6.45, 7) is 8.07. The smallest absolute Gasteiger partial charge is 0.0548 e. The van der Waals surface area contributed by atoms with Crippen molar-refractivity contribution in [3.63, 3.8) is 0 Å². The van der Waals surface area contributed by atoms with Crippen molar-refractivity contribution in [1.29, 1.82) is 0 Å². The highest BCUT2D eigenvalue weighted by Gasteiger charge is 2.09. The van der Waals surface area contributed by atoms with Crippen LogP contribution in [0.4, 0.5) is 5.69 Å². The van der Waals surface area contributed by atoms with Crippen molar-refractivity contribution in [3.05, 3.63) is 77.9 Å². The summed E-state index contributed by atoms with van der Waals surface area (Å²) in [5, 5.41) is 3.57. The van der Waals surface area contributed by atoms with Crippen LogP contribution in [0.15, 0.2) is 61.2 Å². The molecule has 2 aromatic rings. The zero-order valence-electron chi connectivity index (χ0n) is 11.7. The Hall–Kier alpha value is -2.02. The predicted molar refractivity (Wildman–Crippen MR) is 83.5 cm³/mol. The summed E-state index contributed by atoms with van der Waals surface area (Å²) in [4.78, 5) is 0. The maximum Gasteiger partial charge on any atom is 0.0548 e. The van der Waals surface area contributed by atoms with Crippen molar-refractivity contribution < 1.29 is 0 Å². The Kier molecular flexibility index (Phi) is 4.40. The minimum absolute atomic E-state index is 0.279. The molecule has 19 heavy (non-hydrogen) atoms. The van der Waals surface area contributed by atoms with Gasteiger partial charge in [-0.05, 0) is 38.0 Å². The van der Waals surface area contributed by atoms with Crippen molar-refractivity contribution in [2.24, 2.45) is 0 Å². The molecule has 1 atom stereocenters. The average Bonchev–Trinajstić information content (AvgIpc) is 2.42. The normalized spacial score (nSPS) is 11.9. The van der Waals surface area contributed by atoms with Crippen molar-refractivity contribution in [2.75, 3.05) is 5.32 Å². The van der Waals surface area contributed by atoms with Gasteiger partial charge in [-0.15, -0.1) is 6.58 Å². The van der Waals surface area contributed by atoms with Crippen LogP contribution in [0.3, 0.4) is 0 Å². The Morgan fingerprint density at radius 3 is 2.00 bits per heavy atom. The van der Waals surface area contributed by atoms with E-state index in [0.717, 1.165) is 12.1 Å². The largest absolute Gasteiger partial charge is 0.378 e. The van der Waals surface area contributed by atoms with Gasteiger partial charge in [0, 0.05) is 5.69 Å². The number of nitrogens with one attached hydrogen (secondary N) is 1. The number of rotatable bonds is 5. The van der Waals surface area contributed by atoms with E-state index >= 15 is 0 Å². The van der Waals surface area contributed by atoms with E-state index in [9.17, 15) is 0 Å². The van der Waals surface area contributed by atoms with Crippen LogP contribution in [0, 0.1) is 13.8 Å². The van der Waals surface area contributed by atoms with Gasteiger partial charge in [0.1, 0.15) is 0 Å². The van der Waals surface area contributed by atoms with Crippen LogP contribution in [0.1, 0.15) is 29.2 Å². The molecule has 1 N–H and O–H groups in total. The van der Waals surface area contributed by atoms with Crippen LogP contribution >= 0.6 is 0 Å². The van der Waals surface area contributed by atoms with E-state index in [4.69, 9.17) is 0 Å². The molecule has 0 aliphatic carbocycles. The van der Waals surface area contributed by atoms with E-state index in [1.807, 2.05) is 6.08 Å². The van der Waals surface area contributed by atoms with Crippen molar-refractivity contribution in [1.82, 2.24) is 0 Å². The standard InChI is InChI=1S/C18H21N/c1-4-5-18(16-10-6-14(2)7-11-16)19-17-12-8-15(3)9-13-17/h4,6-13,18-19H,1,5H2,2-3H3. The molecule has 0 saturated heterocycles. The van der Waals surface area contributed by atoms with Crippen molar-refractivity contribution in [2.45, 2.75) is 26.3 Å². The summed E-state index contributed by atoms with van der Waals surface area (Å²) < 4.78 is 0. The first-order chi connectivity index (χ1) is 9.19. The highest BCUT2D eigenvalue weighted by Crippen LogP contribution is 2.23. The molecule has 0 aliphatic heterocycles. The summed E-state index contributed by atoms with van der Waals surface area (Å²) in [5.41, 5.74) is 5.02. The maximum atomic E-state index is 3.86. The van der Waals surface area contributed by atoms with E-state index in [2.05, 4.69) is 74.3 Å². The quantitative estimate of drug-likeness (QED) is 0.735. The first-order valence-corrected chi connectivity index (χ1v) is 6.69. The topological polar surface area (TPSA) is 12.0 Å². The second-order valence-electron chi connectivity index (χ2n) is 5.00. The molecule has 0 heterocycles. The molecule has 0 spiro atoms. The first-order valence-electron chi connectivity index (χ1n) is 6.69. The van der Waals surface area contributed by atoms with Gasteiger partial charge in [0.2, 0.25) is 0 Å². The minimum Gasteiger partial charge on any atom is -0.378 e. The van der Waals surface area contributed by atoms with E-state index in [1.165, 1.54) is 16.7 Å². The van der Waals surface area contributed by atoms with Crippen LogP contribution in [0.2, 0.25) is 0 Å². The highest BCUT2D eigenvalue weighted by molar-refractivity contribution is 5.47. The number of anilines is 1. The lowest BCUT2D eigenvalue weighted by molar-refractivity contribution is 0.798. The van der Waals surface area contributed by atoms with E-state index < -0.39 is 0 Å². The average molecular weight is 251 g/mol. The molecule has 0 aliphatic rings. The van der Waals surface area contributed by atoms with Crippen LogP contribution in [-0.4, -0.2) is 0 Å². The summed E-state index contributed by atoms with van der Waals surface area (Å²) in [6, 6.07) is 17.5. The third kappa shape index (κ3) is 3.72. The zero-order valence-corrected chi connectivity index (χ0v) is 11.7. The van der Waals surface area contributed by atoms with Gasteiger partial charge in [0.05, 0.1) is 6.04 Å². The lowest BCUT2D eigenvalue weighted by Crippen LogP contribution is -2.09. The second kappa shape index (κ2) is 6.24. The summed E-state index contributed by atoms with van der Waals surface area (Å²) in [6.07, 6.45) is 2.88. The highest BCUT2D eigenvalue weighted by atomic mass is 14.9. The summed E-state index contributed by atoms with van der Waals surface area (Å²) >= 11 is 0. The molecule has 0 fully saturated rings. The van der Waals surface area contributed by atoms with Crippen LogP contribution in [0.5, 0.6) is 0 Å².